The zero-order chi connectivity index (χ0) is 21.0. The van der Waals surface area contributed by atoms with Crippen molar-refractivity contribution >= 4 is 33.3 Å². The minimum atomic E-state index is -3.70. The fourth-order valence-electron chi connectivity index (χ4n) is 3.78. The van der Waals surface area contributed by atoms with Crippen LogP contribution in [0.3, 0.4) is 0 Å². The molecule has 2 aromatic carbocycles. The largest absolute Gasteiger partial charge is 0.481 e. The fourth-order valence-corrected chi connectivity index (χ4v) is 5.51. The third-order valence-electron chi connectivity index (χ3n) is 5.31. The van der Waals surface area contributed by atoms with Crippen LogP contribution in [0.25, 0.3) is 0 Å². The summed E-state index contributed by atoms with van der Waals surface area (Å²) in [6, 6.07) is 12.5. The van der Waals surface area contributed by atoms with E-state index in [-0.39, 0.29) is 17.4 Å². The first kappa shape index (κ1) is 21.6. The van der Waals surface area contributed by atoms with E-state index in [1.165, 1.54) is 10.4 Å². The summed E-state index contributed by atoms with van der Waals surface area (Å²) in [4.78, 5) is 10.8. The van der Waals surface area contributed by atoms with Crippen molar-refractivity contribution in [1.82, 2.24) is 0 Å². The van der Waals surface area contributed by atoms with E-state index in [2.05, 4.69) is 5.32 Å². The molecule has 3 rings (SSSR count). The molecule has 156 valence electrons. The van der Waals surface area contributed by atoms with Gasteiger partial charge in [-0.3, -0.25) is 9.10 Å². The highest BCUT2D eigenvalue weighted by atomic mass is 35.5. The number of carboxylic acids is 1. The predicted octanol–water partition coefficient (Wildman–Crippen LogP) is 3.17. The average molecular weight is 438 g/mol. The van der Waals surface area contributed by atoms with Crippen LogP contribution in [-0.2, 0) is 14.8 Å². The number of para-hydroxylation sites is 1. The Bertz CT molecular complexity index is 994. The molecule has 29 heavy (non-hydrogen) atoms. The van der Waals surface area contributed by atoms with Crippen LogP contribution in [0, 0.1) is 0 Å². The summed E-state index contributed by atoms with van der Waals surface area (Å²) in [5.74, 6) is -0.757. The molecule has 0 fully saturated rings. The summed E-state index contributed by atoms with van der Waals surface area (Å²) in [5, 5.41) is 11.3. The average Bonchev–Trinajstić information content (AvgIpc) is 2.75. The zero-order valence-electron chi connectivity index (χ0n) is 16.3. The maximum atomic E-state index is 13.2. The van der Waals surface area contributed by atoms with Crippen molar-refractivity contribution in [2.45, 2.75) is 43.0 Å². The second kappa shape index (κ2) is 9.15. The van der Waals surface area contributed by atoms with E-state index < -0.39 is 16.0 Å². The lowest BCUT2D eigenvalue weighted by Crippen LogP contribution is -2.85. The Morgan fingerprint density at radius 1 is 1.10 bits per heavy atom. The molecule has 0 aromatic heterocycles. The summed E-state index contributed by atoms with van der Waals surface area (Å²) in [7, 11) is -2.13. The molecule has 6 nitrogen and oxygen atoms in total. The van der Waals surface area contributed by atoms with Crippen LogP contribution in [-0.4, -0.2) is 33.1 Å². The zero-order valence-corrected chi connectivity index (χ0v) is 17.9. The van der Waals surface area contributed by atoms with E-state index in [1.807, 2.05) is 24.3 Å². The minimum absolute atomic E-state index is 0.155. The van der Waals surface area contributed by atoms with Gasteiger partial charge in [0.1, 0.15) is 6.04 Å². The Balaban J connectivity index is 1.85. The van der Waals surface area contributed by atoms with Crippen molar-refractivity contribution in [3.63, 3.8) is 0 Å². The number of unbranched alkanes of at least 4 members (excludes halogenated alkanes) is 3. The highest BCUT2D eigenvalue weighted by molar-refractivity contribution is 7.92. The molecule has 1 aliphatic heterocycles. The quantitative estimate of drug-likeness (QED) is 0.620. The van der Waals surface area contributed by atoms with E-state index in [4.69, 9.17) is 16.7 Å². The van der Waals surface area contributed by atoms with Gasteiger partial charge in [0.2, 0.25) is 0 Å². The molecule has 0 radical (unpaired) electrons. The molecule has 0 saturated heterocycles. The number of hydrogen-bond donors (Lipinski definition) is 2. The van der Waals surface area contributed by atoms with Crippen molar-refractivity contribution in [3.05, 3.63) is 58.6 Å². The summed E-state index contributed by atoms with van der Waals surface area (Å²) in [6.07, 6.45) is 3.66. The molecule has 2 aromatic rings. The number of carbonyl (C=O) groups is 1. The molecule has 1 unspecified atom stereocenters. The maximum absolute atomic E-state index is 13.2. The first-order chi connectivity index (χ1) is 13.8. The molecule has 1 aliphatic rings. The fraction of sp³-hybridized carbons (Fsp3) is 0.381. The lowest BCUT2D eigenvalue weighted by atomic mass is 9.96. The highest BCUT2D eigenvalue weighted by Crippen LogP contribution is 2.39. The molecule has 0 saturated carbocycles. The number of benzene rings is 2. The second-order valence-corrected chi connectivity index (χ2v) is 9.65. The smallest absolute Gasteiger partial charge is 0.303 e. The van der Waals surface area contributed by atoms with Gasteiger partial charge in [0.15, 0.2) is 0 Å². The van der Waals surface area contributed by atoms with Gasteiger partial charge in [0.25, 0.3) is 10.0 Å². The van der Waals surface area contributed by atoms with Crippen molar-refractivity contribution in [1.29, 1.82) is 0 Å². The Labute approximate surface area is 176 Å². The van der Waals surface area contributed by atoms with Crippen molar-refractivity contribution in [2.24, 2.45) is 0 Å². The van der Waals surface area contributed by atoms with Crippen molar-refractivity contribution in [3.8, 4) is 0 Å². The third-order valence-corrected chi connectivity index (χ3v) is 7.37. The van der Waals surface area contributed by atoms with Crippen LogP contribution >= 0.6 is 11.6 Å². The Morgan fingerprint density at radius 3 is 2.59 bits per heavy atom. The third kappa shape index (κ3) is 4.74. The van der Waals surface area contributed by atoms with E-state index in [1.54, 1.807) is 19.2 Å². The molecule has 3 N–H and O–H groups in total. The van der Waals surface area contributed by atoms with Crippen LogP contribution in [0.4, 0.5) is 5.69 Å². The normalized spacial score (nSPS) is 17.3. The van der Waals surface area contributed by atoms with Crippen molar-refractivity contribution < 1.29 is 23.6 Å². The van der Waals surface area contributed by atoms with Crippen LogP contribution in [0.5, 0.6) is 0 Å². The molecule has 0 spiro atoms. The van der Waals surface area contributed by atoms with Gasteiger partial charge in [-0.25, -0.2) is 8.42 Å². The van der Waals surface area contributed by atoms with Crippen molar-refractivity contribution in [2.75, 3.05) is 17.9 Å². The van der Waals surface area contributed by atoms with Gasteiger partial charge in [-0.15, -0.1) is 0 Å². The van der Waals surface area contributed by atoms with Gasteiger partial charge >= 0.3 is 5.97 Å². The Kier molecular flexibility index (Phi) is 6.82. The minimum Gasteiger partial charge on any atom is -0.481 e. The Hall–Kier alpha value is -2.09. The van der Waals surface area contributed by atoms with Crippen LogP contribution in [0.15, 0.2) is 47.4 Å². The highest BCUT2D eigenvalue weighted by Gasteiger charge is 2.36. The molecule has 0 aliphatic carbocycles. The summed E-state index contributed by atoms with van der Waals surface area (Å²) >= 11 is 6.13. The van der Waals surface area contributed by atoms with E-state index in [9.17, 15) is 13.2 Å². The number of hydrogen-bond acceptors (Lipinski definition) is 3. The van der Waals surface area contributed by atoms with Crippen LogP contribution in [0.1, 0.15) is 49.3 Å². The first-order valence-electron chi connectivity index (χ1n) is 9.75. The number of fused-ring (bicyclic) bond motifs is 2. The number of rotatable bonds is 8. The number of quaternary nitrogens is 1. The molecule has 1 atom stereocenters. The Morgan fingerprint density at radius 2 is 1.83 bits per heavy atom. The molecular weight excluding hydrogens is 412 g/mol. The number of nitrogens with zero attached hydrogens (tertiary/aromatic N) is 1. The number of sulfonamides is 1. The van der Waals surface area contributed by atoms with E-state index >= 15 is 0 Å². The molecular formula is C21H26ClN2O4S+. The van der Waals surface area contributed by atoms with Gasteiger partial charge in [-0.1, -0.05) is 36.2 Å². The topological polar surface area (TPSA) is 91.3 Å². The van der Waals surface area contributed by atoms with Gasteiger partial charge in [-0.2, -0.15) is 0 Å². The molecule has 0 amide bonds. The van der Waals surface area contributed by atoms with E-state index in [0.717, 1.165) is 36.9 Å². The number of carboxylic acid groups (broad SMARTS) is 1. The number of aliphatic carboxylic acids is 1. The summed E-state index contributed by atoms with van der Waals surface area (Å²) in [6.45, 7) is 0.817. The number of anilines is 1. The monoisotopic (exact) mass is 437 g/mol. The maximum Gasteiger partial charge on any atom is 0.303 e. The SMILES string of the molecule is CN1c2ccccc2C([NH2+]CCCCCCC(=O)O)c2ccc(Cl)cc2S1(=O)=O. The lowest BCUT2D eigenvalue weighted by molar-refractivity contribution is -0.687. The van der Waals surface area contributed by atoms with Gasteiger partial charge in [-0.05, 0) is 43.5 Å². The van der Waals surface area contributed by atoms with Gasteiger partial charge in [0, 0.05) is 29.6 Å². The van der Waals surface area contributed by atoms with Gasteiger partial charge in [0.05, 0.1) is 17.1 Å². The summed E-state index contributed by atoms with van der Waals surface area (Å²) in [5.41, 5.74) is 2.35. The molecule has 0 bridgehead atoms. The second-order valence-electron chi connectivity index (χ2n) is 7.27. The van der Waals surface area contributed by atoms with Crippen LogP contribution in [0.2, 0.25) is 5.02 Å². The standard InChI is InChI=1S/C21H25ClN2O4S/c1-24-18-9-6-5-8-16(18)21(23-13-7-3-2-4-10-20(25)26)17-12-11-15(22)14-19(17)29(24,27)28/h5-6,8-9,11-12,14,21,23H,2-4,7,10,13H2,1H3,(H,25,26)/p+1. The predicted molar refractivity (Wildman–Crippen MR) is 113 cm³/mol. The van der Waals surface area contributed by atoms with Crippen LogP contribution < -0.4 is 9.62 Å². The molecule has 1 heterocycles. The molecule has 8 heteroatoms. The first-order valence-corrected chi connectivity index (χ1v) is 11.6. The number of halogens is 1. The lowest BCUT2D eigenvalue weighted by Gasteiger charge is -2.20. The number of nitrogens with two attached hydrogens (primary N) is 1. The summed E-state index contributed by atoms with van der Waals surface area (Å²) < 4.78 is 27.7. The van der Waals surface area contributed by atoms with E-state index in [0.29, 0.717) is 17.1 Å². The van der Waals surface area contributed by atoms with Gasteiger partial charge < -0.3 is 10.4 Å².